The van der Waals surface area contributed by atoms with Crippen molar-refractivity contribution in [2.24, 2.45) is 0 Å². The SMILES string of the molecule is CCCCCCCCCCCCCCCCC=Cc1c2ccccc2cc[n+]1CC(=O)c1ccccc1.FC(F)(F)c1cc([B-](c2cc(C(F)(F)F)cc(C(F)(F)F)c2)(c2cc(C(F)(F)F)cc(C(F)(F)F)c2)c2cc(C(F)(F)F)cc(C(F)(F)F)c2)cc(C(F)(F)F)c1. The van der Waals surface area contributed by atoms with Crippen LogP contribution in [0.2, 0.25) is 0 Å². The van der Waals surface area contributed by atoms with Gasteiger partial charge < -0.3 is 0 Å². The van der Waals surface area contributed by atoms with Crippen LogP contribution in [0.15, 0.2) is 146 Å². The molecule has 0 spiro atoms. The summed E-state index contributed by atoms with van der Waals surface area (Å²) >= 11 is 0. The molecule has 0 saturated carbocycles. The Morgan fingerprint density at radius 1 is 0.362 bits per heavy atom. The Bertz CT molecular complexity index is 3240. The van der Waals surface area contributed by atoms with Gasteiger partial charge in [-0.1, -0.05) is 194 Å². The fourth-order valence-electron chi connectivity index (χ4n) is 11.2. The van der Waals surface area contributed by atoms with Gasteiger partial charge in [0.15, 0.2) is 6.20 Å². The number of halogens is 24. The van der Waals surface area contributed by atoms with E-state index in [1.807, 2.05) is 30.3 Å². The lowest BCUT2D eigenvalue weighted by Crippen LogP contribution is -2.75. The van der Waals surface area contributed by atoms with Crippen LogP contribution in [0.5, 0.6) is 0 Å². The molecule has 1 aromatic heterocycles. The normalized spacial score (nSPS) is 13.2. The number of alkyl halides is 24. The maximum Gasteiger partial charge on any atom is 0.416 e. The van der Waals surface area contributed by atoms with Crippen molar-refractivity contribution < 1.29 is 115 Å². The van der Waals surface area contributed by atoms with E-state index < -0.39 is 195 Å². The number of ketones is 1. The van der Waals surface area contributed by atoms with Crippen LogP contribution < -0.4 is 26.4 Å². The smallest absolute Gasteiger partial charge is 0.287 e. The van der Waals surface area contributed by atoms with Gasteiger partial charge in [-0.15, -0.1) is 0 Å². The van der Waals surface area contributed by atoms with Crippen LogP contribution in [0.4, 0.5) is 105 Å². The van der Waals surface area contributed by atoms with Gasteiger partial charge in [0.2, 0.25) is 18.0 Å². The third kappa shape index (κ3) is 20.3. The molecule has 94 heavy (non-hydrogen) atoms. The van der Waals surface area contributed by atoms with Gasteiger partial charge in [0.25, 0.3) is 0 Å². The molecule has 0 aliphatic carbocycles. The second-order valence-electron chi connectivity index (χ2n) is 22.7. The third-order valence-electron chi connectivity index (χ3n) is 15.8. The van der Waals surface area contributed by atoms with E-state index in [0.717, 1.165) is 17.7 Å². The summed E-state index contributed by atoms with van der Waals surface area (Å²) in [5.41, 5.74) is -28.3. The lowest BCUT2D eigenvalue weighted by atomic mass is 9.12. The molecule has 0 bridgehead atoms. The number of unbranched alkanes of at least 4 members (excludes halogenated alkanes) is 14. The topological polar surface area (TPSA) is 20.9 Å². The van der Waals surface area contributed by atoms with E-state index in [1.54, 1.807) is 0 Å². The molecule has 0 aliphatic heterocycles. The van der Waals surface area contributed by atoms with E-state index in [0.29, 0.717) is 6.54 Å². The molecule has 0 N–H and O–H groups in total. The molecule has 0 unspecified atom stereocenters. The average Bonchev–Trinajstić information content (AvgIpc) is 0.709. The van der Waals surface area contributed by atoms with E-state index in [1.165, 1.54) is 101 Å². The second-order valence-corrected chi connectivity index (χ2v) is 22.7. The van der Waals surface area contributed by atoms with Gasteiger partial charge in [-0.2, -0.15) is 132 Å². The van der Waals surface area contributed by atoms with Gasteiger partial charge in [0, 0.05) is 17.7 Å². The van der Waals surface area contributed by atoms with E-state index in [2.05, 4.69) is 60.2 Å². The van der Waals surface area contributed by atoms with Gasteiger partial charge in [-0.05, 0) is 48.6 Å². The highest BCUT2D eigenvalue weighted by atomic mass is 19.4. The van der Waals surface area contributed by atoms with Crippen LogP contribution in [0.1, 0.15) is 164 Å². The van der Waals surface area contributed by atoms with E-state index in [9.17, 15) is 110 Å². The standard InChI is InChI=1S/C35H48NO.C32H12BF24/c1-2-3-4-5-6-7-8-9-10-11-12-13-14-15-16-20-27-34-33-26-22-21-23-31(33)28-29-36(34)30-35(37)32-24-18-17-19-25-32;34-25(35,36)13-1-14(26(37,38)39)6-21(5-13)33(22-7-15(27(40,41)42)2-16(8-22)28(43,44)45,23-9-17(29(46,47)48)3-18(10-23)30(49,50)51)24-11-19(31(52,53)54)4-20(12-24)32(55,56)57/h17-29H,2-16,30H2,1H3;1-12H/q+1;-1. The predicted molar refractivity (Wildman–Crippen MR) is 309 cm³/mol. The van der Waals surface area contributed by atoms with Crippen molar-refractivity contribution in [1.29, 1.82) is 0 Å². The molecule has 0 aliphatic rings. The minimum absolute atomic E-state index is 0.141. The first-order valence-corrected chi connectivity index (χ1v) is 29.6. The number of hydrogen-bond acceptors (Lipinski definition) is 1. The zero-order chi connectivity index (χ0) is 69.9. The van der Waals surface area contributed by atoms with Crippen LogP contribution in [0.25, 0.3) is 16.8 Å². The average molecular weight is 1360 g/mol. The predicted octanol–water partition coefficient (Wildman–Crippen LogP) is 21.1. The minimum Gasteiger partial charge on any atom is -0.287 e. The first-order valence-electron chi connectivity index (χ1n) is 29.6. The molecule has 6 aromatic carbocycles. The summed E-state index contributed by atoms with van der Waals surface area (Å²) in [4.78, 5) is 12.9. The van der Waals surface area contributed by atoms with Crippen molar-refractivity contribution in [3.63, 3.8) is 0 Å². The summed E-state index contributed by atoms with van der Waals surface area (Å²) in [6, 6.07) is 11.4. The molecule has 510 valence electrons. The van der Waals surface area contributed by atoms with Crippen LogP contribution in [-0.4, -0.2) is 11.9 Å². The summed E-state index contributed by atoms with van der Waals surface area (Å²) in [6.45, 7) is 2.64. The fraction of sp³-hybridized carbons (Fsp3) is 0.373. The number of hydrogen-bond donors (Lipinski definition) is 0. The number of carbonyl (C=O) groups excluding carboxylic acids is 1. The summed E-state index contributed by atoms with van der Waals surface area (Å²) in [5.74, 6) is 0.141. The number of aromatic nitrogens is 1. The number of carbonyl (C=O) groups is 1. The van der Waals surface area contributed by atoms with Gasteiger partial charge in [0.1, 0.15) is 6.15 Å². The molecule has 0 radical (unpaired) electrons. The van der Waals surface area contributed by atoms with Gasteiger partial charge in [-0.3, -0.25) is 4.79 Å². The van der Waals surface area contributed by atoms with Gasteiger partial charge in [0.05, 0.1) is 49.9 Å². The Morgan fingerprint density at radius 2 is 0.649 bits per heavy atom. The Labute approximate surface area is 524 Å². The quantitative estimate of drug-likeness (QED) is 0.0206. The largest absolute Gasteiger partial charge is 0.416 e. The first kappa shape index (κ1) is 75.6. The number of allylic oxidation sites excluding steroid dienone is 1. The Kier molecular flexibility index (Phi) is 24.5. The van der Waals surface area contributed by atoms with E-state index >= 15 is 0 Å². The number of fused-ring (bicyclic) bond motifs is 1. The summed E-state index contributed by atoms with van der Waals surface area (Å²) in [6.07, 6.45) is -27.7. The molecule has 0 amide bonds. The van der Waals surface area contributed by atoms with Crippen molar-refractivity contribution in [2.45, 2.75) is 159 Å². The molecule has 0 fully saturated rings. The Morgan fingerprint density at radius 3 is 0.957 bits per heavy atom. The lowest BCUT2D eigenvalue weighted by Gasteiger charge is -2.46. The highest BCUT2D eigenvalue weighted by Crippen LogP contribution is 2.42. The van der Waals surface area contributed by atoms with Gasteiger partial charge >= 0.3 is 49.4 Å². The highest BCUT2D eigenvalue weighted by Gasteiger charge is 2.47. The molecule has 0 atom stereocenters. The van der Waals surface area contributed by atoms with Crippen LogP contribution in [0.3, 0.4) is 0 Å². The number of Topliss-reactive ketones (excluding diaryl/α,β-unsaturated/α-hetero) is 1. The third-order valence-corrected chi connectivity index (χ3v) is 15.8. The van der Waals surface area contributed by atoms with Crippen molar-refractivity contribution in [2.75, 3.05) is 0 Å². The number of nitrogens with zero attached hydrogens (tertiary/aromatic N) is 1. The number of benzene rings is 6. The van der Waals surface area contributed by atoms with Crippen LogP contribution in [-0.2, 0) is 56.0 Å². The molecule has 0 saturated heterocycles. The molecule has 7 rings (SSSR count). The highest BCUT2D eigenvalue weighted by molar-refractivity contribution is 7.20. The maximum atomic E-state index is 14.2. The zero-order valence-electron chi connectivity index (χ0n) is 49.8. The molecule has 1 heterocycles. The van der Waals surface area contributed by atoms with Crippen molar-refractivity contribution in [3.8, 4) is 0 Å². The van der Waals surface area contributed by atoms with Crippen LogP contribution >= 0.6 is 0 Å². The summed E-state index contributed by atoms with van der Waals surface area (Å²) in [5, 5.41) is 2.41. The summed E-state index contributed by atoms with van der Waals surface area (Å²) in [7, 11) is 0. The lowest BCUT2D eigenvalue weighted by molar-refractivity contribution is -0.683. The fourth-order valence-corrected chi connectivity index (χ4v) is 11.2. The van der Waals surface area contributed by atoms with Crippen molar-refractivity contribution >= 4 is 50.6 Å². The number of pyridine rings is 1. The molecule has 2 nitrogen and oxygen atoms in total. The van der Waals surface area contributed by atoms with Crippen molar-refractivity contribution in [3.05, 3.63) is 201 Å². The zero-order valence-corrected chi connectivity index (χ0v) is 49.8. The van der Waals surface area contributed by atoms with E-state index in [-0.39, 0.29) is 5.78 Å². The molecule has 7 aromatic rings. The monoisotopic (exact) mass is 1360 g/mol. The number of rotatable bonds is 23. The van der Waals surface area contributed by atoms with Crippen molar-refractivity contribution in [1.82, 2.24) is 0 Å². The molecular weight excluding hydrogens is 1300 g/mol. The first-order chi connectivity index (χ1) is 43.6. The summed E-state index contributed by atoms with van der Waals surface area (Å²) < 4.78 is 343. The Balaban J connectivity index is 0.000000326. The van der Waals surface area contributed by atoms with Gasteiger partial charge in [-0.25, -0.2) is 0 Å². The van der Waals surface area contributed by atoms with E-state index in [4.69, 9.17) is 0 Å². The van der Waals surface area contributed by atoms with Crippen LogP contribution in [0, 0.1) is 0 Å². The molecular formula is C67H60BF24NO. The Hall–Kier alpha value is -7.48. The molecule has 27 heteroatoms. The minimum atomic E-state index is -6.13. The maximum absolute atomic E-state index is 14.2. The second kappa shape index (κ2) is 30.5.